The second-order valence-corrected chi connectivity index (χ2v) is 6.62. The van der Waals surface area contributed by atoms with Gasteiger partial charge in [0.05, 0.1) is 0 Å². The van der Waals surface area contributed by atoms with Gasteiger partial charge in [-0.1, -0.05) is 48.5 Å². The molecule has 5 nitrogen and oxygen atoms in total. The fourth-order valence-corrected chi connectivity index (χ4v) is 3.61. The maximum absolute atomic E-state index is 13.0. The Morgan fingerprint density at radius 1 is 0.926 bits per heavy atom. The van der Waals surface area contributed by atoms with Crippen molar-refractivity contribution in [1.82, 2.24) is 4.90 Å². The number of amides is 1. The predicted molar refractivity (Wildman–Crippen MR) is 102 cm³/mol. The third kappa shape index (κ3) is 2.77. The van der Waals surface area contributed by atoms with Crippen molar-refractivity contribution in [2.24, 2.45) is 0 Å². The lowest BCUT2D eigenvalue weighted by atomic mass is 10.1. The maximum Gasteiger partial charge on any atom is 0.256 e. The Morgan fingerprint density at radius 3 is 2.59 bits per heavy atom. The molecule has 134 valence electrons. The van der Waals surface area contributed by atoms with Crippen molar-refractivity contribution in [3.05, 3.63) is 89.5 Å². The number of anilines is 1. The van der Waals surface area contributed by atoms with E-state index in [0.717, 1.165) is 28.1 Å². The minimum Gasteiger partial charge on any atom is -0.454 e. The van der Waals surface area contributed by atoms with Crippen LogP contribution in [0.25, 0.3) is 0 Å². The van der Waals surface area contributed by atoms with Crippen molar-refractivity contribution in [2.75, 3.05) is 12.1 Å². The molecular weight excluding hydrogens is 340 g/mol. The molecule has 0 saturated carbocycles. The second-order valence-electron chi connectivity index (χ2n) is 6.62. The second kappa shape index (κ2) is 6.36. The van der Waals surface area contributed by atoms with Crippen LogP contribution in [-0.2, 0) is 6.54 Å². The van der Waals surface area contributed by atoms with Crippen molar-refractivity contribution < 1.29 is 14.3 Å². The van der Waals surface area contributed by atoms with Crippen molar-refractivity contribution in [3.8, 4) is 11.5 Å². The van der Waals surface area contributed by atoms with E-state index in [1.165, 1.54) is 0 Å². The molecule has 5 heteroatoms. The number of fused-ring (bicyclic) bond motifs is 2. The van der Waals surface area contributed by atoms with E-state index in [4.69, 9.17) is 9.47 Å². The zero-order chi connectivity index (χ0) is 18.2. The average Bonchev–Trinajstić information content (AvgIpc) is 3.27. The van der Waals surface area contributed by atoms with Gasteiger partial charge in [0.25, 0.3) is 5.91 Å². The van der Waals surface area contributed by atoms with Crippen LogP contribution < -0.4 is 14.8 Å². The number of carbonyl (C=O) groups excluding carboxylic acids is 1. The van der Waals surface area contributed by atoms with Gasteiger partial charge in [-0.15, -0.1) is 0 Å². The van der Waals surface area contributed by atoms with Gasteiger partial charge in [0.15, 0.2) is 11.5 Å². The van der Waals surface area contributed by atoms with Crippen LogP contribution in [0.2, 0.25) is 0 Å². The van der Waals surface area contributed by atoms with E-state index in [1.54, 1.807) is 0 Å². The Morgan fingerprint density at radius 2 is 1.70 bits per heavy atom. The normalized spacial score (nSPS) is 17.1. The molecule has 0 fully saturated rings. The van der Waals surface area contributed by atoms with Gasteiger partial charge in [-0.05, 0) is 23.8 Å². The lowest BCUT2D eigenvalue weighted by Gasteiger charge is -2.27. The molecule has 1 atom stereocenters. The largest absolute Gasteiger partial charge is 0.454 e. The summed E-state index contributed by atoms with van der Waals surface area (Å²) >= 11 is 0. The molecule has 2 heterocycles. The maximum atomic E-state index is 13.0. The van der Waals surface area contributed by atoms with E-state index in [9.17, 15) is 4.79 Å². The number of nitrogens with zero attached hydrogens (tertiary/aromatic N) is 1. The van der Waals surface area contributed by atoms with Gasteiger partial charge >= 0.3 is 0 Å². The van der Waals surface area contributed by atoms with Crippen LogP contribution in [0.4, 0.5) is 5.69 Å². The van der Waals surface area contributed by atoms with Crippen molar-refractivity contribution >= 4 is 11.6 Å². The molecule has 3 aromatic rings. The smallest absolute Gasteiger partial charge is 0.256 e. The minimum atomic E-state index is -0.241. The molecule has 2 aliphatic heterocycles. The van der Waals surface area contributed by atoms with Crippen LogP contribution in [0.1, 0.15) is 27.7 Å². The molecular formula is C22H18N2O3. The van der Waals surface area contributed by atoms with Gasteiger partial charge in [-0.2, -0.15) is 0 Å². The van der Waals surface area contributed by atoms with Crippen LogP contribution in [-0.4, -0.2) is 17.6 Å². The van der Waals surface area contributed by atoms with Crippen LogP contribution >= 0.6 is 0 Å². The molecule has 0 radical (unpaired) electrons. The number of carbonyl (C=O) groups is 1. The fraction of sp³-hybridized carbons (Fsp3) is 0.136. The summed E-state index contributed by atoms with van der Waals surface area (Å²) in [5.74, 6) is 1.49. The Balaban J connectivity index is 1.49. The van der Waals surface area contributed by atoms with E-state index in [2.05, 4.69) is 5.32 Å². The first-order chi connectivity index (χ1) is 13.3. The highest BCUT2D eigenvalue weighted by Gasteiger charge is 2.36. The van der Waals surface area contributed by atoms with E-state index >= 15 is 0 Å². The van der Waals surface area contributed by atoms with Gasteiger partial charge in [-0.25, -0.2) is 0 Å². The van der Waals surface area contributed by atoms with Crippen LogP contribution in [0, 0.1) is 0 Å². The summed E-state index contributed by atoms with van der Waals surface area (Å²) in [6.07, 6.45) is -0.241. The van der Waals surface area contributed by atoms with Crippen molar-refractivity contribution in [1.29, 1.82) is 0 Å². The molecule has 2 aliphatic rings. The molecule has 0 bridgehead atoms. The molecule has 1 unspecified atom stereocenters. The zero-order valence-corrected chi connectivity index (χ0v) is 14.6. The average molecular weight is 358 g/mol. The topological polar surface area (TPSA) is 50.8 Å². The molecule has 3 aromatic carbocycles. The van der Waals surface area contributed by atoms with Gasteiger partial charge in [-0.3, -0.25) is 4.79 Å². The third-order valence-corrected chi connectivity index (χ3v) is 4.93. The highest BCUT2D eigenvalue weighted by Crippen LogP contribution is 2.39. The molecule has 0 saturated heterocycles. The monoisotopic (exact) mass is 358 g/mol. The predicted octanol–water partition coefficient (Wildman–Crippen LogP) is 4.18. The SMILES string of the molecule is O=C1c2ccccc2C(Nc2ccc3c(c2)OCO3)N1Cc1ccccc1. The Bertz CT molecular complexity index is 1000. The van der Waals surface area contributed by atoms with E-state index in [-0.39, 0.29) is 18.9 Å². The summed E-state index contributed by atoms with van der Waals surface area (Å²) < 4.78 is 10.9. The van der Waals surface area contributed by atoms with Crippen LogP contribution in [0.15, 0.2) is 72.8 Å². The molecule has 5 rings (SSSR count). The third-order valence-electron chi connectivity index (χ3n) is 4.93. The van der Waals surface area contributed by atoms with Crippen LogP contribution in [0.5, 0.6) is 11.5 Å². The summed E-state index contributed by atoms with van der Waals surface area (Å²) in [5, 5.41) is 3.50. The van der Waals surface area contributed by atoms with Gasteiger partial charge in [0, 0.05) is 29.4 Å². The number of benzene rings is 3. The number of hydrogen-bond donors (Lipinski definition) is 1. The molecule has 27 heavy (non-hydrogen) atoms. The summed E-state index contributed by atoms with van der Waals surface area (Å²) in [7, 11) is 0. The van der Waals surface area contributed by atoms with E-state index in [0.29, 0.717) is 12.3 Å². The Kier molecular flexibility index (Phi) is 3.71. The van der Waals surface area contributed by atoms with Gasteiger partial charge < -0.3 is 19.7 Å². The number of hydrogen-bond acceptors (Lipinski definition) is 4. The highest BCUT2D eigenvalue weighted by molar-refractivity contribution is 5.99. The van der Waals surface area contributed by atoms with E-state index < -0.39 is 0 Å². The van der Waals surface area contributed by atoms with Crippen LogP contribution in [0.3, 0.4) is 0 Å². The van der Waals surface area contributed by atoms with Gasteiger partial charge in [0.2, 0.25) is 6.79 Å². The first-order valence-electron chi connectivity index (χ1n) is 8.89. The first-order valence-corrected chi connectivity index (χ1v) is 8.89. The quantitative estimate of drug-likeness (QED) is 0.760. The molecule has 1 amide bonds. The zero-order valence-electron chi connectivity index (χ0n) is 14.6. The fourth-order valence-electron chi connectivity index (χ4n) is 3.61. The lowest BCUT2D eigenvalue weighted by molar-refractivity contribution is 0.0729. The van der Waals surface area contributed by atoms with Crippen molar-refractivity contribution in [2.45, 2.75) is 12.7 Å². The summed E-state index contributed by atoms with van der Waals surface area (Å²) in [4.78, 5) is 14.9. The first kappa shape index (κ1) is 15.8. The Labute approximate surface area is 157 Å². The number of ether oxygens (including phenoxy) is 2. The van der Waals surface area contributed by atoms with E-state index in [1.807, 2.05) is 77.7 Å². The standard InChI is InChI=1S/C22H18N2O3/c25-22-18-9-5-4-8-17(18)21(24(22)13-15-6-2-1-3-7-15)23-16-10-11-19-20(12-16)27-14-26-19/h1-12,21,23H,13-14H2. The number of nitrogens with one attached hydrogen (secondary N) is 1. The lowest BCUT2D eigenvalue weighted by Crippen LogP contribution is -2.31. The molecule has 1 N–H and O–H groups in total. The van der Waals surface area contributed by atoms with Crippen molar-refractivity contribution in [3.63, 3.8) is 0 Å². The molecule has 0 aliphatic carbocycles. The molecule has 0 spiro atoms. The number of rotatable bonds is 4. The summed E-state index contributed by atoms with van der Waals surface area (Å²) in [5.41, 5.74) is 3.70. The Hall–Kier alpha value is -3.47. The molecule has 0 aromatic heterocycles. The summed E-state index contributed by atoms with van der Waals surface area (Å²) in [6.45, 7) is 0.778. The minimum absolute atomic E-state index is 0.0349. The van der Waals surface area contributed by atoms with Gasteiger partial charge in [0.1, 0.15) is 6.17 Å². The highest BCUT2D eigenvalue weighted by atomic mass is 16.7. The summed E-state index contributed by atoms with van der Waals surface area (Å²) in [6, 6.07) is 23.5.